The Morgan fingerprint density at radius 3 is 3.09 bits per heavy atom. The van der Waals surface area contributed by atoms with Gasteiger partial charge < -0.3 is 14.8 Å². The number of nitrogens with zero attached hydrogens (tertiary/aromatic N) is 2. The lowest BCUT2D eigenvalue weighted by Crippen LogP contribution is -2.58. The lowest BCUT2D eigenvalue weighted by Gasteiger charge is -2.35. The summed E-state index contributed by atoms with van der Waals surface area (Å²) in [6.45, 7) is 6.07. The van der Waals surface area contributed by atoms with Gasteiger partial charge in [-0.05, 0) is 32.5 Å². The molecule has 1 amide bonds. The van der Waals surface area contributed by atoms with E-state index in [9.17, 15) is 4.79 Å². The number of likely N-dealkylation sites (N-methyl/N-ethyl adjacent to an activating group) is 1. The zero-order valence-corrected chi connectivity index (χ0v) is 14.6. The smallest absolute Gasteiger partial charge is 0.240 e. The van der Waals surface area contributed by atoms with Gasteiger partial charge in [0.25, 0.3) is 0 Å². The second-order valence-corrected chi connectivity index (χ2v) is 6.46. The van der Waals surface area contributed by atoms with Crippen LogP contribution in [0.2, 0.25) is 5.02 Å². The number of amides is 1. The molecule has 23 heavy (non-hydrogen) atoms. The van der Waals surface area contributed by atoms with Crippen LogP contribution in [0.3, 0.4) is 0 Å². The van der Waals surface area contributed by atoms with Crippen LogP contribution >= 0.6 is 11.6 Å². The maximum Gasteiger partial charge on any atom is 0.240 e. The molecule has 0 aromatic carbocycles. The van der Waals surface area contributed by atoms with Crippen molar-refractivity contribution in [1.29, 1.82) is 0 Å². The van der Waals surface area contributed by atoms with E-state index >= 15 is 0 Å². The van der Waals surface area contributed by atoms with Gasteiger partial charge in [-0.1, -0.05) is 18.5 Å². The van der Waals surface area contributed by atoms with Crippen LogP contribution in [-0.4, -0.2) is 60.8 Å². The minimum absolute atomic E-state index is 0.0488. The highest BCUT2D eigenvalue weighted by molar-refractivity contribution is 6.31. The summed E-state index contributed by atoms with van der Waals surface area (Å²) in [4.78, 5) is 18.6. The first-order chi connectivity index (χ1) is 10.9. The Morgan fingerprint density at radius 1 is 1.65 bits per heavy atom. The summed E-state index contributed by atoms with van der Waals surface area (Å²) in [5.41, 5.74) is -0.504. The van der Waals surface area contributed by atoms with Gasteiger partial charge in [-0.3, -0.25) is 9.69 Å². The number of hydrogen-bond donors (Lipinski definition) is 1. The summed E-state index contributed by atoms with van der Waals surface area (Å²) in [7, 11) is 1.93. The summed E-state index contributed by atoms with van der Waals surface area (Å²) < 4.78 is 11.1. The topological polar surface area (TPSA) is 63.7 Å². The SMILES string of the molecule is CCC(C)(COc1ncccc1Cl)NC(=O)C1COCCN1C. The Hall–Kier alpha value is -1.37. The zero-order chi connectivity index (χ0) is 16.9. The predicted molar refractivity (Wildman–Crippen MR) is 88.8 cm³/mol. The van der Waals surface area contributed by atoms with Gasteiger partial charge in [0.1, 0.15) is 17.7 Å². The highest BCUT2D eigenvalue weighted by atomic mass is 35.5. The third-order valence-corrected chi connectivity index (χ3v) is 4.44. The van der Waals surface area contributed by atoms with Crippen molar-refractivity contribution in [2.45, 2.75) is 31.8 Å². The monoisotopic (exact) mass is 341 g/mol. The fourth-order valence-corrected chi connectivity index (χ4v) is 2.45. The van der Waals surface area contributed by atoms with Crippen LogP contribution in [-0.2, 0) is 9.53 Å². The molecule has 1 N–H and O–H groups in total. The van der Waals surface area contributed by atoms with E-state index in [2.05, 4.69) is 10.3 Å². The van der Waals surface area contributed by atoms with Crippen LogP contribution in [0.15, 0.2) is 18.3 Å². The molecule has 1 aromatic rings. The molecule has 0 radical (unpaired) electrons. The van der Waals surface area contributed by atoms with Crippen molar-refractivity contribution in [3.63, 3.8) is 0 Å². The number of halogens is 1. The maximum absolute atomic E-state index is 12.5. The molecule has 1 aromatic heterocycles. The summed E-state index contributed by atoms with van der Waals surface area (Å²) in [5.74, 6) is 0.327. The van der Waals surface area contributed by atoms with Crippen LogP contribution in [0.4, 0.5) is 0 Å². The second kappa shape index (κ2) is 7.95. The number of pyridine rings is 1. The Kier molecular flexibility index (Phi) is 6.21. The number of rotatable bonds is 6. The van der Waals surface area contributed by atoms with Gasteiger partial charge >= 0.3 is 0 Å². The van der Waals surface area contributed by atoms with Gasteiger partial charge in [0.15, 0.2) is 0 Å². The highest BCUT2D eigenvalue weighted by Gasteiger charge is 2.32. The van der Waals surface area contributed by atoms with E-state index in [1.165, 1.54) is 0 Å². The summed E-state index contributed by atoms with van der Waals surface area (Å²) >= 11 is 6.04. The fourth-order valence-electron chi connectivity index (χ4n) is 2.27. The standard InChI is InChI=1S/C16H24ClN3O3/c1-4-16(2,11-23-15-12(17)6-5-7-18-15)19-14(21)13-10-22-9-8-20(13)3/h5-7,13H,4,8-11H2,1-3H3,(H,19,21). The maximum atomic E-state index is 12.5. The molecule has 2 unspecified atom stereocenters. The van der Waals surface area contributed by atoms with Crippen LogP contribution in [0.5, 0.6) is 5.88 Å². The van der Waals surface area contributed by atoms with Gasteiger partial charge in [-0.2, -0.15) is 0 Å². The van der Waals surface area contributed by atoms with Gasteiger partial charge in [-0.25, -0.2) is 4.98 Å². The lowest BCUT2D eigenvalue weighted by molar-refractivity contribution is -0.133. The number of morpholine rings is 1. The first kappa shape index (κ1) is 18.0. The van der Waals surface area contributed by atoms with Gasteiger partial charge in [0, 0.05) is 12.7 Å². The lowest BCUT2D eigenvalue weighted by atomic mass is 9.99. The first-order valence-corrected chi connectivity index (χ1v) is 8.16. The number of hydrogen-bond acceptors (Lipinski definition) is 5. The molecular formula is C16H24ClN3O3. The van der Waals surface area contributed by atoms with E-state index in [0.29, 0.717) is 30.7 Å². The quantitative estimate of drug-likeness (QED) is 0.853. The molecule has 0 aliphatic carbocycles. The molecule has 1 saturated heterocycles. The summed E-state index contributed by atoms with van der Waals surface area (Å²) in [6, 6.07) is 3.20. The molecule has 1 aliphatic rings. The Morgan fingerprint density at radius 2 is 2.43 bits per heavy atom. The molecule has 2 rings (SSSR count). The van der Waals surface area contributed by atoms with E-state index in [1.807, 2.05) is 25.8 Å². The van der Waals surface area contributed by atoms with Gasteiger partial charge in [0.05, 0.1) is 18.8 Å². The molecule has 2 heterocycles. The van der Waals surface area contributed by atoms with Crippen molar-refractivity contribution in [2.75, 3.05) is 33.4 Å². The van der Waals surface area contributed by atoms with Crippen LogP contribution in [0.1, 0.15) is 20.3 Å². The van der Waals surface area contributed by atoms with Gasteiger partial charge in [-0.15, -0.1) is 0 Å². The Balaban J connectivity index is 1.96. The normalized spacial score (nSPS) is 21.5. The Bertz CT molecular complexity index is 543. The van der Waals surface area contributed by atoms with Crippen molar-refractivity contribution >= 4 is 17.5 Å². The Labute approximate surface area is 142 Å². The number of carbonyl (C=O) groups is 1. The van der Waals surface area contributed by atoms with Crippen molar-refractivity contribution in [3.05, 3.63) is 23.4 Å². The van der Waals surface area contributed by atoms with E-state index in [0.717, 1.165) is 13.0 Å². The summed E-state index contributed by atoms with van der Waals surface area (Å²) in [5, 5.41) is 3.53. The molecule has 0 bridgehead atoms. The third-order valence-electron chi connectivity index (χ3n) is 4.16. The average Bonchev–Trinajstić information content (AvgIpc) is 2.54. The molecule has 1 fully saturated rings. The molecule has 128 valence electrons. The van der Waals surface area contributed by atoms with E-state index in [1.54, 1.807) is 18.3 Å². The van der Waals surface area contributed by atoms with Crippen molar-refractivity contribution in [1.82, 2.24) is 15.2 Å². The predicted octanol–water partition coefficient (Wildman–Crippen LogP) is 1.73. The van der Waals surface area contributed by atoms with Crippen LogP contribution in [0, 0.1) is 0 Å². The third kappa shape index (κ3) is 4.80. The van der Waals surface area contributed by atoms with Crippen LogP contribution in [0.25, 0.3) is 0 Å². The molecule has 2 atom stereocenters. The first-order valence-electron chi connectivity index (χ1n) is 7.78. The zero-order valence-electron chi connectivity index (χ0n) is 13.8. The van der Waals surface area contributed by atoms with E-state index < -0.39 is 5.54 Å². The highest BCUT2D eigenvalue weighted by Crippen LogP contribution is 2.22. The fraction of sp³-hybridized carbons (Fsp3) is 0.625. The minimum atomic E-state index is -0.504. The molecule has 1 aliphatic heterocycles. The average molecular weight is 342 g/mol. The van der Waals surface area contributed by atoms with E-state index in [4.69, 9.17) is 21.1 Å². The molecule has 6 nitrogen and oxygen atoms in total. The van der Waals surface area contributed by atoms with Gasteiger partial charge in [0.2, 0.25) is 11.8 Å². The van der Waals surface area contributed by atoms with Crippen molar-refractivity contribution in [3.8, 4) is 5.88 Å². The van der Waals surface area contributed by atoms with E-state index in [-0.39, 0.29) is 11.9 Å². The second-order valence-electron chi connectivity index (χ2n) is 6.05. The number of carbonyl (C=O) groups excluding carboxylic acids is 1. The molecule has 0 saturated carbocycles. The molecule has 0 spiro atoms. The largest absolute Gasteiger partial charge is 0.474 e. The molecule has 7 heteroatoms. The number of ether oxygens (including phenoxy) is 2. The number of nitrogens with one attached hydrogen (secondary N) is 1. The minimum Gasteiger partial charge on any atom is -0.474 e. The van der Waals surface area contributed by atoms with Crippen molar-refractivity contribution in [2.24, 2.45) is 0 Å². The summed E-state index contributed by atoms with van der Waals surface area (Å²) in [6.07, 6.45) is 2.35. The van der Waals surface area contributed by atoms with Crippen molar-refractivity contribution < 1.29 is 14.3 Å². The van der Waals surface area contributed by atoms with Crippen LogP contribution < -0.4 is 10.1 Å². The molecular weight excluding hydrogens is 318 g/mol. The number of aromatic nitrogens is 1.